The lowest BCUT2D eigenvalue weighted by atomic mass is 9.73. The molecule has 0 saturated heterocycles. The van der Waals surface area contributed by atoms with Crippen LogP contribution >= 0.6 is 0 Å². The van der Waals surface area contributed by atoms with Gasteiger partial charge in [0, 0.05) is 5.92 Å². The lowest BCUT2D eigenvalue weighted by Gasteiger charge is -2.31. The van der Waals surface area contributed by atoms with E-state index >= 15 is 0 Å². The minimum Gasteiger partial charge on any atom is -0.369 e. The zero-order chi connectivity index (χ0) is 13.1. The first-order valence-electron chi connectivity index (χ1n) is 6.71. The van der Waals surface area contributed by atoms with E-state index in [9.17, 15) is 4.79 Å². The second kappa shape index (κ2) is 5.38. The van der Waals surface area contributed by atoms with E-state index < -0.39 is 0 Å². The van der Waals surface area contributed by atoms with Crippen LogP contribution in [0.25, 0.3) is 5.57 Å². The number of allylic oxidation sites excluding steroid dienone is 2. The monoisotopic (exact) mass is 243 g/mol. The molecule has 2 rings (SSSR count). The van der Waals surface area contributed by atoms with Crippen molar-refractivity contribution in [3.63, 3.8) is 0 Å². The molecule has 0 aromatic heterocycles. The molecular weight excluding hydrogens is 222 g/mol. The molecule has 0 saturated carbocycles. The Morgan fingerprint density at radius 3 is 2.56 bits per heavy atom. The predicted molar refractivity (Wildman–Crippen MR) is 74.7 cm³/mol. The molecule has 0 bridgehead atoms. The molecule has 1 amide bonds. The van der Waals surface area contributed by atoms with Gasteiger partial charge in [-0.3, -0.25) is 4.79 Å². The minimum absolute atomic E-state index is 0.00686. The Hall–Kier alpha value is -1.57. The van der Waals surface area contributed by atoms with Gasteiger partial charge in [-0.1, -0.05) is 49.8 Å². The number of carbonyl (C=O) groups excluding carboxylic acids is 1. The average Bonchev–Trinajstić information content (AvgIpc) is 2.39. The molecule has 0 aliphatic heterocycles. The topological polar surface area (TPSA) is 43.1 Å². The smallest absolute Gasteiger partial charge is 0.221 e. The Morgan fingerprint density at radius 2 is 2.00 bits per heavy atom. The number of primary amides is 1. The highest BCUT2D eigenvalue weighted by atomic mass is 16.1. The second-order valence-corrected chi connectivity index (χ2v) is 5.06. The van der Waals surface area contributed by atoms with Gasteiger partial charge in [0.25, 0.3) is 0 Å². The normalized spacial score (nSPS) is 24.1. The summed E-state index contributed by atoms with van der Waals surface area (Å²) in [4.78, 5) is 11.5. The Labute approximate surface area is 109 Å². The molecule has 2 nitrogen and oxygen atoms in total. The number of rotatable bonds is 3. The molecule has 18 heavy (non-hydrogen) atoms. The molecule has 2 heteroatoms. The van der Waals surface area contributed by atoms with Crippen molar-refractivity contribution in [2.45, 2.75) is 33.1 Å². The maximum Gasteiger partial charge on any atom is 0.221 e. The van der Waals surface area contributed by atoms with E-state index in [1.165, 1.54) is 16.7 Å². The first kappa shape index (κ1) is 12.9. The van der Waals surface area contributed by atoms with E-state index in [1.807, 2.05) is 6.07 Å². The van der Waals surface area contributed by atoms with Crippen LogP contribution in [-0.4, -0.2) is 5.91 Å². The van der Waals surface area contributed by atoms with Gasteiger partial charge in [0.05, 0.1) is 0 Å². The van der Waals surface area contributed by atoms with Gasteiger partial charge in [-0.2, -0.15) is 0 Å². The maximum absolute atomic E-state index is 11.5. The van der Waals surface area contributed by atoms with Crippen molar-refractivity contribution in [3.05, 3.63) is 41.5 Å². The Balaban J connectivity index is 2.40. The van der Waals surface area contributed by atoms with Gasteiger partial charge >= 0.3 is 0 Å². The molecule has 2 unspecified atom stereocenters. The third-order valence-corrected chi connectivity index (χ3v) is 4.11. The molecule has 0 heterocycles. The fraction of sp³-hybridized carbons (Fsp3) is 0.438. The number of amides is 1. The van der Waals surface area contributed by atoms with Gasteiger partial charge in [-0.05, 0) is 36.3 Å². The van der Waals surface area contributed by atoms with Crippen molar-refractivity contribution in [1.29, 1.82) is 0 Å². The van der Waals surface area contributed by atoms with Gasteiger partial charge in [0.1, 0.15) is 0 Å². The summed E-state index contributed by atoms with van der Waals surface area (Å²) < 4.78 is 0. The van der Waals surface area contributed by atoms with Gasteiger partial charge in [0.15, 0.2) is 0 Å². The summed E-state index contributed by atoms with van der Waals surface area (Å²) in [6.07, 6.45) is 2.84. The number of benzene rings is 1. The van der Waals surface area contributed by atoms with Crippen LogP contribution in [0.1, 0.15) is 38.7 Å². The van der Waals surface area contributed by atoms with E-state index in [4.69, 9.17) is 5.73 Å². The molecular formula is C16H21NO. The van der Waals surface area contributed by atoms with Crippen LogP contribution in [-0.2, 0) is 4.79 Å². The Morgan fingerprint density at radius 1 is 1.33 bits per heavy atom. The summed E-state index contributed by atoms with van der Waals surface area (Å²) in [5, 5.41) is 0. The summed E-state index contributed by atoms with van der Waals surface area (Å²) in [5.41, 5.74) is 9.61. The largest absolute Gasteiger partial charge is 0.369 e. The standard InChI is InChI=1S/C16H21NO/c1-3-13-11(2)14(16(17)18)9-10-15(13)12-7-5-4-6-8-12/h4-8,11,14H,3,9-10H2,1-2H3,(H2,17,18). The fourth-order valence-corrected chi connectivity index (χ4v) is 3.12. The predicted octanol–water partition coefficient (Wildman–Crippen LogP) is 3.38. The highest BCUT2D eigenvalue weighted by Crippen LogP contribution is 2.40. The number of hydrogen-bond acceptors (Lipinski definition) is 1. The molecule has 1 aromatic rings. The summed E-state index contributed by atoms with van der Waals surface area (Å²) in [6, 6.07) is 10.5. The summed E-state index contributed by atoms with van der Waals surface area (Å²) in [6.45, 7) is 4.30. The second-order valence-electron chi connectivity index (χ2n) is 5.06. The van der Waals surface area contributed by atoms with Crippen LogP contribution in [0, 0.1) is 11.8 Å². The van der Waals surface area contributed by atoms with Crippen molar-refractivity contribution in [1.82, 2.24) is 0 Å². The van der Waals surface area contributed by atoms with Crippen molar-refractivity contribution >= 4 is 11.5 Å². The van der Waals surface area contributed by atoms with Gasteiger partial charge in [0.2, 0.25) is 5.91 Å². The van der Waals surface area contributed by atoms with Crippen molar-refractivity contribution in [3.8, 4) is 0 Å². The number of carbonyl (C=O) groups is 1. The third kappa shape index (κ3) is 2.33. The van der Waals surface area contributed by atoms with E-state index in [1.54, 1.807) is 0 Å². The SMILES string of the molecule is CCC1=C(c2ccccc2)CCC(C(N)=O)C1C. The van der Waals surface area contributed by atoms with E-state index in [-0.39, 0.29) is 17.7 Å². The van der Waals surface area contributed by atoms with E-state index in [0.717, 1.165) is 19.3 Å². The molecule has 0 fully saturated rings. The van der Waals surface area contributed by atoms with Crippen molar-refractivity contribution in [2.24, 2.45) is 17.6 Å². The summed E-state index contributed by atoms with van der Waals surface area (Å²) in [7, 11) is 0. The Bertz CT molecular complexity index is 461. The van der Waals surface area contributed by atoms with Crippen molar-refractivity contribution in [2.75, 3.05) is 0 Å². The maximum atomic E-state index is 11.5. The Kier molecular flexibility index (Phi) is 3.85. The van der Waals surface area contributed by atoms with Gasteiger partial charge in [-0.15, -0.1) is 0 Å². The lowest BCUT2D eigenvalue weighted by Crippen LogP contribution is -2.32. The van der Waals surface area contributed by atoms with Crippen LogP contribution in [0.3, 0.4) is 0 Å². The first-order valence-corrected chi connectivity index (χ1v) is 6.71. The van der Waals surface area contributed by atoms with Gasteiger partial charge in [-0.25, -0.2) is 0 Å². The molecule has 1 aliphatic rings. The molecule has 2 atom stereocenters. The average molecular weight is 243 g/mol. The lowest BCUT2D eigenvalue weighted by molar-refractivity contribution is -0.123. The quantitative estimate of drug-likeness (QED) is 0.869. The third-order valence-electron chi connectivity index (χ3n) is 4.11. The number of hydrogen-bond donors (Lipinski definition) is 1. The molecule has 1 aliphatic carbocycles. The van der Waals surface area contributed by atoms with E-state index in [2.05, 4.69) is 38.1 Å². The first-order chi connectivity index (χ1) is 8.65. The minimum atomic E-state index is -0.152. The number of nitrogens with two attached hydrogens (primary N) is 1. The summed E-state index contributed by atoms with van der Waals surface area (Å²) in [5.74, 6) is 0.129. The van der Waals surface area contributed by atoms with Crippen LogP contribution in [0.2, 0.25) is 0 Å². The van der Waals surface area contributed by atoms with Crippen LogP contribution in [0.4, 0.5) is 0 Å². The summed E-state index contributed by atoms with van der Waals surface area (Å²) >= 11 is 0. The highest BCUT2D eigenvalue weighted by molar-refractivity contribution is 5.80. The molecule has 96 valence electrons. The fourth-order valence-electron chi connectivity index (χ4n) is 3.12. The van der Waals surface area contributed by atoms with Gasteiger partial charge < -0.3 is 5.73 Å². The van der Waals surface area contributed by atoms with Crippen LogP contribution in [0.5, 0.6) is 0 Å². The molecule has 0 radical (unpaired) electrons. The van der Waals surface area contributed by atoms with Crippen LogP contribution < -0.4 is 5.73 Å². The molecule has 2 N–H and O–H groups in total. The zero-order valence-corrected chi connectivity index (χ0v) is 11.1. The highest BCUT2D eigenvalue weighted by Gasteiger charge is 2.31. The molecule has 0 spiro atoms. The molecule has 1 aromatic carbocycles. The zero-order valence-electron chi connectivity index (χ0n) is 11.1. The van der Waals surface area contributed by atoms with Crippen molar-refractivity contribution < 1.29 is 4.79 Å². The van der Waals surface area contributed by atoms with Crippen LogP contribution in [0.15, 0.2) is 35.9 Å². The van der Waals surface area contributed by atoms with E-state index in [0.29, 0.717) is 0 Å².